The third-order valence-electron chi connectivity index (χ3n) is 5.11. The molecule has 0 aromatic carbocycles. The lowest BCUT2D eigenvalue weighted by Gasteiger charge is -2.19. The molecule has 1 aromatic heterocycles. The number of carbonyl (C=O) groups excluding carboxylic acids is 1. The Hall–Kier alpha value is -1.15. The van der Waals surface area contributed by atoms with Gasteiger partial charge in [0.15, 0.2) is 11.3 Å². The molecule has 0 spiro atoms. The molecule has 1 aliphatic heterocycles. The number of aromatic amines is 1. The third-order valence-corrected chi connectivity index (χ3v) is 7.84. The van der Waals surface area contributed by atoms with Crippen molar-refractivity contribution in [2.24, 2.45) is 22.7 Å². The summed E-state index contributed by atoms with van der Waals surface area (Å²) in [4.78, 5) is 30.9. The first-order valence-corrected chi connectivity index (χ1v) is 11.6. The zero-order valence-electron chi connectivity index (χ0n) is 17.1. The largest absolute Gasteiger partial charge is 0.506 e. The Morgan fingerprint density at radius 1 is 1.20 bits per heavy atom. The molecule has 1 aliphatic rings. The molecule has 0 fully saturated rings. The lowest BCUT2D eigenvalue weighted by Crippen LogP contribution is -2.33. The van der Waals surface area contributed by atoms with Gasteiger partial charge >= 0.3 is 5.97 Å². The van der Waals surface area contributed by atoms with Crippen molar-refractivity contribution < 1.29 is 19.8 Å². The average Bonchev–Trinajstić information content (AvgIpc) is 3.18. The monoisotopic (exact) mass is 494 g/mol. The molecule has 4 unspecified atom stereocenters. The second-order valence-electron chi connectivity index (χ2n) is 8.07. The highest BCUT2D eigenvalue weighted by Gasteiger charge is 2.39. The van der Waals surface area contributed by atoms with Crippen molar-refractivity contribution in [1.29, 1.82) is 0 Å². The van der Waals surface area contributed by atoms with Crippen molar-refractivity contribution in [2.45, 2.75) is 46.1 Å². The van der Waals surface area contributed by atoms with Crippen LogP contribution in [0.2, 0.25) is 15.2 Å². The zero-order valence-corrected chi connectivity index (χ0v) is 20.2. The van der Waals surface area contributed by atoms with Gasteiger partial charge in [0.2, 0.25) is 0 Å². The fourth-order valence-corrected chi connectivity index (χ4v) is 5.24. The maximum Gasteiger partial charge on any atom is 0.332 e. The quantitative estimate of drug-likeness (QED) is 0.283. The first-order valence-electron chi connectivity index (χ1n) is 9.49. The number of aromatic nitrogens is 1. The Balaban J connectivity index is 1.96. The van der Waals surface area contributed by atoms with Crippen LogP contribution in [0.1, 0.15) is 46.2 Å². The van der Waals surface area contributed by atoms with E-state index in [-0.39, 0.29) is 50.2 Å². The molecular formula is C20H25Cl3N2O4S. The molecular weight excluding hydrogens is 471 g/mol. The summed E-state index contributed by atoms with van der Waals surface area (Å²) >= 11 is 19.2. The number of aliphatic imine (C=N–C) groups is 1. The molecule has 0 aliphatic carbocycles. The third kappa shape index (κ3) is 5.75. The Morgan fingerprint density at radius 2 is 1.83 bits per heavy atom. The molecule has 3 N–H and O–H groups in total. The fourth-order valence-electron chi connectivity index (χ4n) is 3.36. The highest BCUT2D eigenvalue weighted by atomic mass is 35.5. The summed E-state index contributed by atoms with van der Waals surface area (Å²) in [5, 5.41) is 20.6. The Bertz CT molecular complexity index is 899. The number of ketones is 1. The fraction of sp³-hybridized carbons (Fsp3) is 0.550. The molecule has 1 aromatic rings. The Kier molecular flexibility index (Phi) is 8.36. The van der Waals surface area contributed by atoms with Gasteiger partial charge in [0.1, 0.15) is 16.6 Å². The van der Waals surface area contributed by atoms with E-state index in [0.29, 0.717) is 12.2 Å². The molecule has 10 heteroatoms. The molecule has 6 nitrogen and oxygen atoms in total. The first kappa shape index (κ1) is 25.1. The van der Waals surface area contributed by atoms with Gasteiger partial charge in [-0.05, 0) is 25.7 Å². The zero-order chi connectivity index (χ0) is 22.8. The summed E-state index contributed by atoms with van der Waals surface area (Å²) in [7, 11) is 0. The number of aliphatic hydroxyl groups is 1. The van der Waals surface area contributed by atoms with Crippen LogP contribution < -0.4 is 0 Å². The summed E-state index contributed by atoms with van der Waals surface area (Å²) in [5.74, 6) is -1.05. The van der Waals surface area contributed by atoms with Gasteiger partial charge < -0.3 is 15.2 Å². The van der Waals surface area contributed by atoms with Crippen LogP contribution in [-0.4, -0.2) is 43.3 Å². The second-order valence-corrected chi connectivity index (χ2v) is 10.2. The van der Waals surface area contributed by atoms with Crippen molar-refractivity contribution in [3.05, 3.63) is 27.0 Å². The smallest absolute Gasteiger partial charge is 0.332 e. The van der Waals surface area contributed by atoms with Gasteiger partial charge in [0.25, 0.3) is 0 Å². The number of carbonyl (C=O) groups is 2. The highest BCUT2D eigenvalue weighted by molar-refractivity contribution is 8.14. The van der Waals surface area contributed by atoms with Crippen LogP contribution in [0.4, 0.5) is 0 Å². The standard InChI is InChI=1S/C20H25Cl3N2O4S/c1-9(6-11(3)18-25-20(4,8-30-18)19(28)29)5-10(2)12(26)7-13(27)16-14(21)15(22)17(23)24-16/h7,9-11,24,27H,5-6,8H2,1-4H3,(H,28,29)/b13-7+. The molecule has 0 bridgehead atoms. The predicted molar refractivity (Wildman–Crippen MR) is 124 cm³/mol. The molecule has 2 rings (SSSR count). The number of carboxylic acids is 1. The number of aliphatic carboxylic acids is 1. The van der Waals surface area contributed by atoms with E-state index in [4.69, 9.17) is 34.8 Å². The molecule has 0 saturated carbocycles. The highest BCUT2D eigenvalue weighted by Crippen LogP contribution is 2.36. The van der Waals surface area contributed by atoms with Crippen LogP contribution in [0.5, 0.6) is 0 Å². The lowest BCUT2D eigenvalue weighted by molar-refractivity contribution is -0.141. The van der Waals surface area contributed by atoms with Crippen molar-refractivity contribution in [2.75, 3.05) is 5.75 Å². The minimum absolute atomic E-state index is 0.0567. The van der Waals surface area contributed by atoms with Gasteiger partial charge in [-0.3, -0.25) is 9.79 Å². The summed E-state index contributed by atoms with van der Waals surface area (Å²) in [6.45, 7) is 7.49. The molecule has 2 heterocycles. The van der Waals surface area contributed by atoms with Gasteiger partial charge in [-0.1, -0.05) is 55.6 Å². The van der Waals surface area contributed by atoms with E-state index < -0.39 is 11.5 Å². The van der Waals surface area contributed by atoms with Gasteiger partial charge in [-0.15, -0.1) is 11.8 Å². The maximum absolute atomic E-state index is 12.5. The molecule has 0 amide bonds. The van der Waals surface area contributed by atoms with Crippen LogP contribution in [-0.2, 0) is 9.59 Å². The van der Waals surface area contributed by atoms with Crippen LogP contribution in [0.25, 0.3) is 5.76 Å². The summed E-state index contributed by atoms with van der Waals surface area (Å²) in [5.41, 5.74) is -0.958. The molecule has 166 valence electrons. The number of hydrogen-bond donors (Lipinski definition) is 3. The van der Waals surface area contributed by atoms with E-state index in [1.165, 1.54) is 11.8 Å². The first-order chi connectivity index (χ1) is 13.9. The SMILES string of the molecule is CC(CC(C)C(=O)/C=C(/O)c1[nH]c(Cl)c(Cl)c1Cl)CC(C)C1=NC(C)(C(=O)O)CS1. The number of rotatable bonds is 9. The van der Waals surface area contributed by atoms with E-state index in [0.717, 1.165) is 17.5 Å². The number of carboxylic acid groups (broad SMARTS) is 1. The van der Waals surface area contributed by atoms with E-state index in [2.05, 4.69) is 9.98 Å². The van der Waals surface area contributed by atoms with E-state index >= 15 is 0 Å². The summed E-state index contributed by atoms with van der Waals surface area (Å²) < 4.78 is 0. The number of allylic oxidation sites excluding steroid dienone is 1. The van der Waals surface area contributed by atoms with Crippen LogP contribution >= 0.6 is 46.6 Å². The Labute approximate surface area is 195 Å². The normalized spacial score (nSPS) is 22.5. The molecule has 4 atom stereocenters. The second kappa shape index (κ2) is 9.98. The molecule has 0 radical (unpaired) electrons. The minimum atomic E-state index is -1.06. The lowest BCUT2D eigenvalue weighted by atomic mass is 9.87. The van der Waals surface area contributed by atoms with E-state index in [1.807, 2.05) is 13.8 Å². The maximum atomic E-state index is 12.5. The predicted octanol–water partition coefficient (Wildman–Crippen LogP) is 6.12. The van der Waals surface area contributed by atoms with Gasteiger partial charge in [0, 0.05) is 23.7 Å². The van der Waals surface area contributed by atoms with Crippen molar-refractivity contribution in [3.63, 3.8) is 0 Å². The summed E-state index contributed by atoms with van der Waals surface area (Å²) in [6.07, 6.45) is 2.52. The van der Waals surface area contributed by atoms with E-state index in [1.54, 1.807) is 13.8 Å². The van der Waals surface area contributed by atoms with Crippen LogP contribution in [0, 0.1) is 17.8 Å². The summed E-state index contributed by atoms with van der Waals surface area (Å²) in [6, 6.07) is 0. The Morgan fingerprint density at radius 3 is 2.33 bits per heavy atom. The number of aliphatic hydroxyl groups excluding tert-OH is 1. The number of H-pyrrole nitrogens is 1. The number of halogens is 3. The van der Waals surface area contributed by atoms with Gasteiger partial charge in [-0.25, -0.2) is 4.79 Å². The topological polar surface area (TPSA) is 103 Å². The van der Waals surface area contributed by atoms with Gasteiger partial charge in [0.05, 0.1) is 15.1 Å². The van der Waals surface area contributed by atoms with E-state index in [9.17, 15) is 19.8 Å². The van der Waals surface area contributed by atoms with Gasteiger partial charge in [-0.2, -0.15) is 0 Å². The van der Waals surface area contributed by atoms with Crippen LogP contribution in [0.15, 0.2) is 11.1 Å². The van der Waals surface area contributed by atoms with Crippen LogP contribution in [0.3, 0.4) is 0 Å². The molecule has 0 saturated heterocycles. The number of nitrogens with zero attached hydrogens (tertiary/aromatic N) is 1. The molecule has 30 heavy (non-hydrogen) atoms. The average molecular weight is 496 g/mol. The van der Waals surface area contributed by atoms with Crippen molar-refractivity contribution >= 4 is 69.1 Å². The number of hydrogen-bond acceptors (Lipinski definition) is 5. The number of nitrogens with one attached hydrogen (secondary N) is 1. The van der Waals surface area contributed by atoms with Crippen molar-refractivity contribution in [1.82, 2.24) is 4.98 Å². The number of thioether (sulfide) groups is 1. The van der Waals surface area contributed by atoms with Crippen molar-refractivity contribution in [3.8, 4) is 0 Å². The minimum Gasteiger partial charge on any atom is -0.506 e.